The number of hydrogen-bond donors (Lipinski definition) is 1. The van der Waals surface area contributed by atoms with Crippen molar-refractivity contribution in [3.8, 4) is 5.75 Å². The molecule has 1 N–H and O–H groups in total. The zero-order chi connectivity index (χ0) is 17.5. The molecule has 0 spiro atoms. The Morgan fingerprint density at radius 2 is 1.80 bits per heavy atom. The zero-order valence-electron chi connectivity index (χ0n) is 13.6. The Morgan fingerprint density at radius 3 is 2.48 bits per heavy atom. The van der Waals surface area contributed by atoms with E-state index in [1.54, 1.807) is 6.20 Å². The van der Waals surface area contributed by atoms with Gasteiger partial charge in [-0.3, -0.25) is 9.48 Å². The van der Waals surface area contributed by atoms with E-state index < -0.39 is 0 Å². The van der Waals surface area contributed by atoms with Crippen LogP contribution in [0.5, 0.6) is 5.75 Å². The number of carbonyl (C=O) groups excluding carboxylic acids is 1. The van der Waals surface area contributed by atoms with Crippen molar-refractivity contribution >= 4 is 21.8 Å². The second-order valence-electron chi connectivity index (χ2n) is 5.54. The zero-order valence-corrected chi connectivity index (χ0v) is 15.1. The van der Waals surface area contributed by atoms with Crippen molar-refractivity contribution < 1.29 is 9.53 Å². The quantitative estimate of drug-likeness (QED) is 0.662. The smallest absolute Gasteiger partial charge is 0.258 e. The minimum atomic E-state index is -0.150. The number of benzene rings is 2. The molecule has 0 saturated heterocycles. The highest BCUT2D eigenvalue weighted by atomic mass is 79.9. The molecule has 0 saturated carbocycles. The Bertz CT molecular complexity index is 800. The summed E-state index contributed by atoms with van der Waals surface area (Å²) in [6.45, 7) is 1.21. The predicted molar refractivity (Wildman–Crippen MR) is 99.3 cm³/mol. The van der Waals surface area contributed by atoms with Gasteiger partial charge in [-0.15, -0.1) is 0 Å². The van der Waals surface area contributed by atoms with Crippen molar-refractivity contribution in [2.24, 2.45) is 0 Å². The Morgan fingerprint density at radius 1 is 1.08 bits per heavy atom. The van der Waals surface area contributed by atoms with Crippen LogP contribution in [0.15, 0.2) is 71.5 Å². The third kappa shape index (κ3) is 5.46. The van der Waals surface area contributed by atoms with Gasteiger partial charge >= 0.3 is 0 Å². The first-order valence-electron chi connectivity index (χ1n) is 7.89. The molecule has 3 aromatic rings. The molecule has 0 aliphatic carbocycles. The van der Waals surface area contributed by atoms with Gasteiger partial charge in [-0.25, -0.2) is 0 Å². The van der Waals surface area contributed by atoms with Crippen LogP contribution in [0.4, 0.5) is 0 Å². The molecular weight excluding hydrogens is 382 g/mol. The second kappa shape index (κ2) is 8.48. The van der Waals surface area contributed by atoms with Crippen LogP contribution in [0.1, 0.15) is 11.1 Å². The second-order valence-corrected chi connectivity index (χ2v) is 6.46. The van der Waals surface area contributed by atoms with Gasteiger partial charge in [-0.05, 0) is 41.5 Å². The molecule has 1 aromatic heterocycles. The maximum absolute atomic E-state index is 11.9. The first-order valence-corrected chi connectivity index (χ1v) is 8.69. The lowest BCUT2D eigenvalue weighted by Gasteiger charge is -2.08. The van der Waals surface area contributed by atoms with Gasteiger partial charge in [0, 0.05) is 23.4 Å². The lowest BCUT2D eigenvalue weighted by Crippen LogP contribution is -2.28. The molecule has 6 heteroatoms. The van der Waals surface area contributed by atoms with Gasteiger partial charge in [0.2, 0.25) is 0 Å². The minimum absolute atomic E-state index is 0.000977. The van der Waals surface area contributed by atoms with Crippen LogP contribution in [-0.4, -0.2) is 22.3 Å². The highest BCUT2D eigenvalue weighted by Crippen LogP contribution is 2.15. The van der Waals surface area contributed by atoms with E-state index in [1.807, 2.05) is 65.5 Å². The Hall–Kier alpha value is -2.60. The van der Waals surface area contributed by atoms with Crippen LogP contribution in [0, 0.1) is 0 Å². The van der Waals surface area contributed by atoms with Crippen molar-refractivity contribution in [3.05, 3.63) is 82.6 Å². The van der Waals surface area contributed by atoms with Crippen molar-refractivity contribution in [1.82, 2.24) is 15.1 Å². The average molecular weight is 400 g/mol. The summed E-state index contributed by atoms with van der Waals surface area (Å²) in [4.78, 5) is 11.9. The molecule has 0 bridgehead atoms. The summed E-state index contributed by atoms with van der Waals surface area (Å²) in [5.41, 5.74) is 2.21. The van der Waals surface area contributed by atoms with Gasteiger partial charge in [0.25, 0.3) is 5.91 Å². The molecule has 25 heavy (non-hydrogen) atoms. The fraction of sp³-hybridized carbons (Fsp3) is 0.158. The van der Waals surface area contributed by atoms with E-state index >= 15 is 0 Å². The number of aromatic nitrogens is 2. The third-order valence-corrected chi connectivity index (χ3v) is 4.13. The summed E-state index contributed by atoms with van der Waals surface area (Å²) in [5.74, 6) is 0.518. The minimum Gasteiger partial charge on any atom is -0.484 e. The van der Waals surface area contributed by atoms with Gasteiger partial charge in [0.05, 0.1) is 6.54 Å². The van der Waals surface area contributed by atoms with Gasteiger partial charge < -0.3 is 10.1 Å². The maximum Gasteiger partial charge on any atom is 0.258 e. The SMILES string of the molecule is O=C(COc1ccc(Br)cc1)NCc1ccc(Cn2cccn2)cc1. The molecular formula is C19H18BrN3O2. The van der Waals surface area contributed by atoms with E-state index in [9.17, 15) is 4.79 Å². The largest absolute Gasteiger partial charge is 0.484 e. The molecule has 0 radical (unpaired) electrons. The average Bonchev–Trinajstić information content (AvgIpc) is 3.14. The number of hydrogen-bond acceptors (Lipinski definition) is 3. The molecule has 1 amide bonds. The standard InChI is InChI=1S/C19H18BrN3O2/c20-17-6-8-18(9-7-17)25-14-19(24)21-12-15-2-4-16(5-3-15)13-23-11-1-10-22-23/h1-11H,12-14H2,(H,21,24). The van der Waals surface area contributed by atoms with Gasteiger partial charge in [0.15, 0.2) is 6.61 Å². The molecule has 0 aliphatic rings. The fourth-order valence-corrected chi connectivity index (χ4v) is 2.54. The van der Waals surface area contributed by atoms with E-state index in [-0.39, 0.29) is 12.5 Å². The molecule has 1 heterocycles. The van der Waals surface area contributed by atoms with Crippen LogP contribution in [0.2, 0.25) is 0 Å². The molecule has 5 nitrogen and oxygen atoms in total. The summed E-state index contributed by atoms with van der Waals surface area (Å²) in [7, 11) is 0. The van der Waals surface area contributed by atoms with Crippen molar-refractivity contribution in [2.75, 3.05) is 6.61 Å². The van der Waals surface area contributed by atoms with Crippen molar-refractivity contribution in [2.45, 2.75) is 13.1 Å². The molecule has 0 fully saturated rings. The Balaban J connectivity index is 1.43. The predicted octanol–water partition coefficient (Wildman–Crippen LogP) is 3.39. The molecule has 2 aromatic carbocycles. The topological polar surface area (TPSA) is 56.1 Å². The summed E-state index contributed by atoms with van der Waals surface area (Å²) in [5, 5.41) is 7.04. The number of nitrogens with one attached hydrogen (secondary N) is 1. The van der Waals surface area contributed by atoms with Gasteiger partial charge in [0.1, 0.15) is 5.75 Å². The number of nitrogens with zero attached hydrogens (tertiary/aromatic N) is 2. The number of halogens is 1. The van der Waals surface area contributed by atoms with E-state index in [1.165, 1.54) is 0 Å². The van der Waals surface area contributed by atoms with Crippen LogP contribution < -0.4 is 10.1 Å². The summed E-state index contributed by atoms with van der Waals surface area (Å²) in [6, 6.07) is 17.4. The monoisotopic (exact) mass is 399 g/mol. The number of amides is 1. The van der Waals surface area contributed by atoms with Gasteiger partial charge in [-0.2, -0.15) is 5.10 Å². The summed E-state index contributed by atoms with van der Waals surface area (Å²) < 4.78 is 8.29. The first kappa shape index (κ1) is 17.2. The Labute approximate surface area is 154 Å². The van der Waals surface area contributed by atoms with Crippen LogP contribution in [0.25, 0.3) is 0 Å². The number of carbonyl (C=O) groups is 1. The molecule has 0 unspecified atom stereocenters. The third-order valence-electron chi connectivity index (χ3n) is 3.60. The highest BCUT2D eigenvalue weighted by molar-refractivity contribution is 9.10. The lowest BCUT2D eigenvalue weighted by molar-refractivity contribution is -0.123. The molecule has 0 aliphatic heterocycles. The van der Waals surface area contributed by atoms with Crippen LogP contribution >= 0.6 is 15.9 Å². The number of rotatable bonds is 7. The molecule has 3 rings (SSSR count). The number of ether oxygens (including phenoxy) is 1. The highest BCUT2D eigenvalue weighted by Gasteiger charge is 2.03. The van der Waals surface area contributed by atoms with Crippen LogP contribution in [0.3, 0.4) is 0 Å². The van der Waals surface area contributed by atoms with Gasteiger partial charge in [-0.1, -0.05) is 40.2 Å². The Kier molecular flexibility index (Phi) is 5.85. The molecule has 0 atom stereocenters. The lowest BCUT2D eigenvalue weighted by atomic mass is 10.1. The van der Waals surface area contributed by atoms with Crippen molar-refractivity contribution in [1.29, 1.82) is 0 Å². The van der Waals surface area contributed by atoms with E-state index in [2.05, 4.69) is 26.3 Å². The fourth-order valence-electron chi connectivity index (χ4n) is 2.27. The van der Waals surface area contributed by atoms with E-state index in [0.717, 1.165) is 22.1 Å². The van der Waals surface area contributed by atoms with Crippen molar-refractivity contribution in [3.63, 3.8) is 0 Å². The molecule has 128 valence electrons. The van der Waals surface area contributed by atoms with E-state index in [4.69, 9.17) is 4.74 Å². The first-order chi connectivity index (χ1) is 12.2. The summed E-state index contributed by atoms with van der Waals surface area (Å²) >= 11 is 3.36. The van der Waals surface area contributed by atoms with E-state index in [0.29, 0.717) is 12.3 Å². The summed E-state index contributed by atoms with van der Waals surface area (Å²) in [6.07, 6.45) is 3.69. The normalized spacial score (nSPS) is 10.4. The maximum atomic E-state index is 11.9. The van der Waals surface area contributed by atoms with Crippen LogP contribution in [-0.2, 0) is 17.9 Å².